The number of anilines is 2. The Kier molecular flexibility index (Phi) is 2.85. The summed E-state index contributed by atoms with van der Waals surface area (Å²) in [4.78, 5) is 2.52. The van der Waals surface area contributed by atoms with Crippen molar-refractivity contribution in [2.45, 2.75) is 39.2 Å². The number of rotatable bonds is 2. The van der Waals surface area contributed by atoms with Gasteiger partial charge in [-0.3, -0.25) is 0 Å². The number of nitrogens with zero attached hydrogens (tertiary/aromatic N) is 1. The van der Waals surface area contributed by atoms with Gasteiger partial charge in [-0.1, -0.05) is 13.0 Å². The number of nitrogens with two attached hydrogens (primary N) is 1. The molecule has 1 aliphatic heterocycles. The summed E-state index contributed by atoms with van der Waals surface area (Å²) < 4.78 is 0. The molecule has 1 aliphatic rings. The molecule has 1 aromatic carbocycles. The molecule has 0 amide bonds. The summed E-state index contributed by atoms with van der Waals surface area (Å²) in [6.07, 6.45) is 3.87. The molecule has 1 saturated heterocycles. The van der Waals surface area contributed by atoms with Crippen molar-refractivity contribution < 1.29 is 0 Å². The highest BCUT2D eigenvalue weighted by Gasteiger charge is 2.23. The van der Waals surface area contributed by atoms with Crippen LogP contribution in [0.1, 0.15) is 31.7 Å². The number of hydrogen-bond donors (Lipinski definition) is 1. The van der Waals surface area contributed by atoms with Crippen LogP contribution in [0.25, 0.3) is 0 Å². The summed E-state index contributed by atoms with van der Waals surface area (Å²) in [5.41, 5.74) is 9.40. The number of benzene rings is 1. The second kappa shape index (κ2) is 4.13. The molecule has 0 aromatic heterocycles. The van der Waals surface area contributed by atoms with Crippen LogP contribution in [-0.2, 0) is 0 Å². The zero-order chi connectivity index (χ0) is 10.8. The van der Waals surface area contributed by atoms with Crippen LogP contribution >= 0.6 is 0 Å². The quantitative estimate of drug-likeness (QED) is 0.750. The van der Waals surface area contributed by atoms with Crippen LogP contribution in [-0.4, -0.2) is 12.6 Å². The van der Waals surface area contributed by atoms with Crippen molar-refractivity contribution in [1.29, 1.82) is 0 Å². The van der Waals surface area contributed by atoms with E-state index in [0.717, 1.165) is 5.69 Å². The Balaban J connectivity index is 2.31. The van der Waals surface area contributed by atoms with Crippen molar-refractivity contribution in [3.63, 3.8) is 0 Å². The van der Waals surface area contributed by atoms with Gasteiger partial charge < -0.3 is 10.6 Å². The Morgan fingerprint density at radius 1 is 1.47 bits per heavy atom. The molecular formula is C13H20N2. The van der Waals surface area contributed by atoms with Crippen molar-refractivity contribution >= 4 is 11.4 Å². The lowest BCUT2D eigenvalue weighted by Gasteiger charge is -2.27. The first-order valence-electron chi connectivity index (χ1n) is 5.85. The summed E-state index contributed by atoms with van der Waals surface area (Å²) in [6, 6.07) is 6.93. The Morgan fingerprint density at radius 2 is 2.27 bits per heavy atom. The Morgan fingerprint density at radius 3 is 3.00 bits per heavy atom. The number of nitrogen functional groups attached to an aromatic ring is 1. The zero-order valence-electron chi connectivity index (χ0n) is 9.66. The van der Waals surface area contributed by atoms with Crippen LogP contribution in [0.3, 0.4) is 0 Å². The smallest absolute Gasteiger partial charge is 0.0419 e. The standard InChI is InChI=1S/C13H20N2/c1-3-12-5-4-8-15(12)13-9-11(14)7-6-10(13)2/h6-7,9,12H,3-5,8,14H2,1-2H3. The van der Waals surface area contributed by atoms with Crippen LogP contribution < -0.4 is 10.6 Å². The molecule has 2 heteroatoms. The molecule has 2 rings (SSSR count). The highest BCUT2D eigenvalue weighted by atomic mass is 15.2. The fourth-order valence-electron chi connectivity index (χ4n) is 2.51. The molecule has 1 atom stereocenters. The molecule has 0 aliphatic carbocycles. The van der Waals surface area contributed by atoms with Gasteiger partial charge in [-0.25, -0.2) is 0 Å². The lowest BCUT2D eigenvalue weighted by atomic mass is 10.1. The fraction of sp³-hybridized carbons (Fsp3) is 0.538. The first-order valence-corrected chi connectivity index (χ1v) is 5.85. The van der Waals surface area contributed by atoms with Gasteiger partial charge in [-0.2, -0.15) is 0 Å². The van der Waals surface area contributed by atoms with Crippen LogP contribution in [0.15, 0.2) is 18.2 Å². The summed E-state index contributed by atoms with van der Waals surface area (Å²) in [5, 5.41) is 0. The predicted octanol–water partition coefficient (Wildman–Crippen LogP) is 2.96. The minimum atomic E-state index is 0.713. The number of hydrogen-bond acceptors (Lipinski definition) is 2. The number of aryl methyl sites for hydroxylation is 1. The Labute approximate surface area is 92.1 Å². The maximum absolute atomic E-state index is 5.86. The molecule has 2 nitrogen and oxygen atoms in total. The van der Waals surface area contributed by atoms with Crippen LogP contribution in [0, 0.1) is 6.92 Å². The second-order valence-electron chi connectivity index (χ2n) is 4.44. The summed E-state index contributed by atoms with van der Waals surface area (Å²) in [6.45, 7) is 5.62. The molecule has 2 N–H and O–H groups in total. The second-order valence-corrected chi connectivity index (χ2v) is 4.44. The van der Waals surface area contributed by atoms with Crippen LogP contribution in [0.4, 0.5) is 11.4 Å². The molecule has 1 fully saturated rings. The SMILES string of the molecule is CCC1CCCN1c1cc(N)ccc1C. The van der Waals surface area contributed by atoms with E-state index in [2.05, 4.69) is 30.9 Å². The maximum Gasteiger partial charge on any atom is 0.0419 e. The molecule has 0 saturated carbocycles. The van der Waals surface area contributed by atoms with E-state index in [9.17, 15) is 0 Å². The Bertz CT molecular complexity index is 346. The van der Waals surface area contributed by atoms with Gasteiger partial charge in [0.05, 0.1) is 0 Å². The molecule has 15 heavy (non-hydrogen) atoms. The van der Waals surface area contributed by atoms with E-state index in [1.54, 1.807) is 0 Å². The lowest BCUT2D eigenvalue weighted by molar-refractivity contribution is 0.645. The highest BCUT2D eigenvalue weighted by Crippen LogP contribution is 2.31. The van der Waals surface area contributed by atoms with E-state index < -0.39 is 0 Å². The monoisotopic (exact) mass is 204 g/mol. The van der Waals surface area contributed by atoms with E-state index >= 15 is 0 Å². The molecule has 1 heterocycles. The van der Waals surface area contributed by atoms with Gasteiger partial charge in [-0.05, 0) is 43.9 Å². The largest absolute Gasteiger partial charge is 0.399 e. The summed E-state index contributed by atoms with van der Waals surface area (Å²) in [7, 11) is 0. The normalized spacial score (nSPS) is 20.9. The molecule has 0 spiro atoms. The molecule has 1 unspecified atom stereocenters. The highest BCUT2D eigenvalue weighted by molar-refractivity contribution is 5.61. The average Bonchev–Trinajstić information content (AvgIpc) is 2.69. The summed E-state index contributed by atoms with van der Waals surface area (Å²) in [5.74, 6) is 0. The van der Waals surface area contributed by atoms with Gasteiger partial charge in [-0.15, -0.1) is 0 Å². The lowest BCUT2D eigenvalue weighted by Crippen LogP contribution is -2.29. The van der Waals surface area contributed by atoms with Crippen molar-refractivity contribution in [2.24, 2.45) is 0 Å². The molecular weight excluding hydrogens is 184 g/mol. The van der Waals surface area contributed by atoms with Gasteiger partial charge in [0.2, 0.25) is 0 Å². The zero-order valence-corrected chi connectivity index (χ0v) is 9.66. The first kappa shape index (κ1) is 10.3. The minimum absolute atomic E-state index is 0.713. The fourth-order valence-corrected chi connectivity index (χ4v) is 2.51. The van der Waals surface area contributed by atoms with E-state index in [0.29, 0.717) is 6.04 Å². The van der Waals surface area contributed by atoms with Crippen LogP contribution in [0.2, 0.25) is 0 Å². The summed E-state index contributed by atoms with van der Waals surface area (Å²) >= 11 is 0. The van der Waals surface area contributed by atoms with Crippen molar-refractivity contribution in [3.8, 4) is 0 Å². The van der Waals surface area contributed by atoms with Crippen LogP contribution in [0.5, 0.6) is 0 Å². The predicted molar refractivity (Wildman–Crippen MR) is 66.3 cm³/mol. The van der Waals surface area contributed by atoms with E-state index in [-0.39, 0.29) is 0 Å². The third kappa shape index (κ3) is 1.94. The Hall–Kier alpha value is -1.18. The van der Waals surface area contributed by atoms with E-state index in [1.165, 1.54) is 37.1 Å². The van der Waals surface area contributed by atoms with E-state index in [4.69, 9.17) is 5.73 Å². The third-order valence-corrected chi connectivity index (χ3v) is 3.39. The van der Waals surface area contributed by atoms with Crippen molar-refractivity contribution in [3.05, 3.63) is 23.8 Å². The molecule has 82 valence electrons. The van der Waals surface area contributed by atoms with E-state index in [1.807, 2.05) is 6.07 Å². The van der Waals surface area contributed by atoms with Crippen molar-refractivity contribution in [1.82, 2.24) is 0 Å². The van der Waals surface area contributed by atoms with Gasteiger partial charge in [0.25, 0.3) is 0 Å². The average molecular weight is 204 g/mol. The van der Waals surface area contributed by atoms with Crippen molar-refractivity contribution in [2.75, 3.05) is 17.2 Å². The third-order valence-electron chi connectivity index (χ3n) is 3.39. The minimum Gasteiger partial charge on any atom is -0.399 e. The van der Waals surface area contributed by atoms with Gasteiger partial charge in [0.15, 0.2) is 0 Å². The van der Waals surface area contributed by atoms with Gasteiger partial charge in [0.1, 0.15) is 0 Å². The first-order chi connectivity index (χ1) is 7.22. The topological polar surface area (TPSA) is 29.3 Å². The van der Waals surface area contributed by atoms with Gasteiger partial charge in [0, 0.05) is 24.0 Å². The molecule has 1 aromatic rings. The maximum atomic E-state index is 5.86. The molecule has 0 radical (unpaired) electrons. The van der Waals surface area contributed by atoms with Gasteiger partial charge >= 0.3 is 0 Å². The molecule has 0 bridgehead atoms.